The maximum absolute atomic E-state index is 10.5. The predicted octanol–water partition coefficient (Wildman–Crippen LogP) is 1.97. The summed E-state index contributed by atoms with van der Waals surface area (Å²) in [5.41, 5.74) is -0.142. The number of carbonyl (C=O) groups is 1. The van der Waals surface area contributed by atoms with Gasteiger partial charge in [0.25, 0.3) is 0 Å². The molecule has 0 amide bonds. The topological polar surface area (TPSA) is 87.1 Å². The van der Waals surface area contributed by atoms with Crippen molar-refractivity contribution in [2.24, 2.45) is 0 Å². The molecule has 6 heteroatoms. The van der Waals surface area contributed by atoms with Crippen molar-refractivity contribution in [2.75, 3.05) is 0 Å². The van der Waals surface area contributed by atoms with Crippen LogP contribution in [0.4, 0.5) is 0 Å². The van der Waals surface area contributed by atoms with Crippen LogP contribution in [0.1, 0.15) is 15.4 Å². The maximum atomic E-state index is 10.5. The Bertz CT molecular complexity index is 550. The zero-order valence-corrected chi connectivity index (χ0v) is 8.11. The van der Waals surface area contributed by atoms with Gasteiger partial charge in [-0.05, 0) is 12.1 Å². The lowest BCUT2D eigenvalue weighted by molar-refractivity contribution is 0.0686. The lowest BCUT2D eigenvalue weighted by Crippen LogP contribution is -1.94. The Morgan fingerprint density at radius 2 is 2.40 bits per heavy atom. The second-order valence-corrected chi connectivity index (χ2v) is 3.74. The van der Waals surface area contributed by atoms with Crippen LogP contribution in [-0.4, -0.2) is 16.2 Å². The Labute approximate surface area is 88.2 Å². The first-order chi connectivity index (χ1) is 7.20. The van der Waals surface area contributed by atoms with Crippen molar-refractivity contribution in [3.63, 3.8) is 0 Å². The third-order valence-electron chi connectivity index (χ3n) is 1.69. The van der Waals surface area contributed by atoms with E-state index in [1.165, 1.54) is 17.4 Å². The van der Waals surface area contributed by atoms with E-state index >= 15 is 0 Å². The molecule has 2 aromatic rings. The van der Waals surface area contributed by atoms with E-state index in [2.05, 4.69) is 5.16 Å². The van der Waals surface area contributed by atoms with Gasteiger partial charge in [0.15, 0.2) is 11.5 Å². The summed E-state index contributed by atoms with van der Waals surface area (Å²) in [5.74, 6) is -0.777. The van der Waals surface area contributed by atoms with Gasteiger partial charge in [0, 0.05) is 6.07 Å². The minimum Gasteiger partial charge on any atom is -0.476 e. The number of nitriles is 1. The molecular formula is C9H4N2O3S. The maximum Gasteiger partial charge on any atom is 0.358 e. The number of thiophene rings is 1. The van der Waals surface area contributed by atoms with Crippen LogP contribution in [0.25, 0.3) is 10.6 Å². The molecule has 0 saturated heterocycles. The van der Waals surface area contributed by atoms with Crippen molar-refractivity contribution < 1.29 is 14.4 Å². The summed E-state index contributed by atoms with van der Waals surface area (Å²) in [6.07, 6.45) is 0. The molecule has 2 heterocycles. The molecule has 2 rings (SSSR count). The molecular weight excluding hydrogens is 216 g/mol. The summed E-state index contributed by atoms with van der Waals surface area (Å²) in [6, 6.07) is 6.65. The van der Waals surface area contributed by atoms with E-state index in [4.69, 9.17) is 14.9 Å². The highest BCUT2D eigenvalue weighted by Gasteiger charge is 2.13. The number of rotatable bonds is 2. The molecule has 0 bridgehead atoms. The van der Waals surface area contributed by atoms with E-state index in [9.17, 15) is 4.79 Å². The fourth-order valence-corrected chi connectivity index (χ4v) is 1.77. The molecule has 0 spiro atoms. The van der Waals surface area contributed by atoms with Crippen molar-refractivity contribution in [3.05, 3.63) is 28.8 Å². The number of aromatic nitrogens is 1. The Morgan fingerprint density at radius 1 is 1.60 bits per heavy atom. The van der Waals surface area contributed by atoms with Crippen molar-refractivity contribution in [2.45, 2.75) is 0 Å². The van der Waals surface area contributed by atoms with Crippen LogP contribution in [0.5, 0.6) is 0 Å². The van der Waals surface area contributed by atoms with Gasteiger partial charge in [-0.1, -0.05) is 5.16 Å². The van der Waals surface area contributed by atoms with Crippen LogP contribution in [0.2, 0.25) is 0 Å². The van der Waals surface area contributed by atoms with Gasteiger partial charge >= 0.3 is 5.97 Å². The molecule has 5 nitrogen and oxygen atoms in total. The molecule has 0 fully saturated rings. The fraction of sp³-hybridized carbons (Fsp3) is 0. The van der Waals surface area contributed by atoms with Gasteiger partial charge in [0.1, 0.15) is 10.9 Å². The first-order valence-corrected chi connectivity index (χ1v) is 4.72. The standard InChI is InChI=1S/C9H4N2O3S/c10-4-5-1-2-8(15-5)7-3-6(9(12)13)11-14-7/h1-3H,(H,12,13). The number of carboxylic acid groups (broad SMARTS) is 1. The number of aromatic carboxylic acids is 1. The van der Waals surface area contributed by atoms with E-state index in [-0.39, 0.29) is 5.69 Å². The summed E-state index contributed by atoms with van der Waals surface area (Å²) in [6.45, 7) is 0. The van der Waals surface area contributed by atoms with Gasteiger partial charge in [0.2, 0.25) is 0 Å². The second-order valence-electron chi connectivity index (χ2n) is 2.66. The summed E-state index contributed by atoms with van der Waals surface area (Å²) >= 11 is 1.22. The molecule has 0 aliphatic heterocycles. The second kappa shape index (κ2) is 3.55. The van der Waals surface area contributed by atoms with Crippen molar-refractivity contribution in [1.82, 2.24) is 5.16 Å². The minimum absolute atomic E-state index is 0.142. The van der Waals surface area contributed by atoms with Crippen LogP contribution in [0.15, 0.2) is 22.7 Å². The summed E-state index contributed by atoms with van der Waals surface area (Å²) in [7, 11) is 0. The molecule has 2 aromatic heterocycles. The molecule has 1 N–H and O–H groups in total. The zero-order chi connectivity index (χ0) is 10.8. The van der Waals surface area contributed by atoms with E-state index < -0.39 is 5.97 Å². The monoisotopic (exact) mass is 220 g/mol. The third kappa shape index (κ3) is 1.73. The smallest absolute Gasteiger partial charge is 0.358 e. The van der Waals surface area contributed by atoms with Gasteiger partial charge in [-0.15, -0.1) is 11.3 Å². The number of nitrogens with zero attached hydrogens (tertiary/aromatic N) is 2. The van der Waals surface area contributed by atoms with Crippen LogP contribution in [0, 0.1) is 11.3 Å². The molecule has 0 aliphatic carbocycles. The summed E-state index contributed by atoms with van der Waals surface area (Å²) in [5, 5.41) is 20.6. The van der Waals surface area contributed by atoms with Gasteiger partial charge in [-0.2, -0.15) is 5.26 Å². The fourth-order valence-electron chi connectivity index (χ4n) is 1.02. The largest absolute Gasteiger partial charge is 0.476 e. The number of carboxylic acids is 1. The van der Waals surface area contributed by atoms with Crippen molar-refractivity contribution in [3.8, 4) is 16.7 Å². The van der Waals surface area contributed by atoms with Crippen molar-refractivity contribution in [1.29, 1.82) is 5.26 Å². The summed E-state index contributed by atoms with van der Waals surface area (Å²) < 4.78 is 4.84. The summed E-state index contributed by atoms with van der Waals surface area (Å²) in [4.78, 5) is 11.8. The molecule has 0 atom stereocenters. The highest BCUT2D eigenvalue weighted by Crippen LogP contribution is 2.28. The molecule has 0 aromatic carbocycles. The Kier molecular flexibility index (Phi) is 2.23. The lowest BCUT2D eigenvalue weighted by Gasteiger charge is -1.83. The number of hydrogen-bond donors (Lipinski definition) is 1. The van der Waals surface area contributed by atoms with Gasteiger partial charge in [-0.3, -0.25) is 0 Å². The van der Waals surface area contributed by atoms with E-state index in [0.29, 0.717) is 15.5 Å². The minimum atomic E-state index is -1.14. The van der Waals surface area contributed by atoms with E-state index in [0.717, 1.165) is 0 Å². The van der Waals surface area contributed by atoms with Crippen LogP contribution >= 0.6 is 11.3 Å². The first kappa shape index (κ1) is 9.43. The van der Waals surface area contributed by atoms with Gasteiger partial charge in [-0.25, -0.2) is 4.79 Å². The van der Waals surface area contributed by atoms with Crippen LogP contribution < -0.4 is 0 Å². The quantitative estimate of drug-likeness (QED) is 0.835. The average Bonchev–Trinajstić information content (AvgIpc) is 2.86. The van der Waals surface area contributed by atoms with Gasteiger partial charge in [0.05, 0.1) is 4.88 Å². The normalized spacial score (nSPS) is 9.80. The number of hydrogen-bond acceptors (Lipinski definition) is 5. The van der Waals surface area contributed by atoms with Gasteiger partial charge < -0.3 is 9.63 Å². The molecule has 0 unspecified atom stereocenters. The Morgan fingerprint density at radius 3 is 2.93 bits per heavy atom. The lowest BCUT2D eigenvalue weighted by atomic mass is 10.3. The highest BCUT2D eigenvalue weighted by molar-refractivity contribution is 7.15. The van der Waals surface area contributed by atoms with Crippen molar-refractivity contribution >= 4 is 17.3 Å². The average molecular weight is 220 g/mol. The third-order valence-corrected chi connectivity index (χ3v) is 2.69. The van der Waals surface area contributed by atoms with E-state index in [1.54, 1.807) is 12.1 Å². The Balaban J connectivity index is 2.38. The SMILES string of the molecule is N#Cc1ccc(-c2cc(C(=O)O)no2)s1. The van der Waals surface area contributed by atoms with E-state index in [1.807, 2.05) is 6.07 Å². The predicted molar refractivity (Wildman–Crippen MR) is 51.5 cm³/mol. The van der Waals surface area contributed by atoms with Crippen LogP contribution in [-0.2, 0) is 0 Å². The highest BCUT2D eigenvalue weighted by atomic mass is 32.1. The molecule has 0 aliphatic rings. The molecule has 15 heavy (non-hydrogen) atoms. The molecule has 74 valence electrons. The first-order valence-electron chi connectivity index (χ1n) is 3.91. The zero-order valence-electron chi connectivity index (χ0n) is 7.30. The molecule has 0 saturated carbocycles. The van der Waals surface area contributed by atoms with Crippen LogP contribution in [0.3, 0.4) is 0 Å². The molecule has 0 radical (unpaired) electrons. The Hall–Kier alpha value is -2.13.